The molecule has 150 valence electrons. The van der Waals surface area contributed by atoms with Crippen LogP contribution in [0.25, 0.3) is 11.3 Å². The van der Waals surface area contributed by atoms with Crippen molar-refractivity contribution in [1.82, 2.24) is 15.1 Å². The molecule has 0 radical (unpaired) electrons. The van der Waals surface area contributed by atoms with Gasteiger partial charge in [-0.2, -0.15) is 5.10 Å². The molecule has 1 aromatic heterocycles. The molecule has 3 aromatic rings. The molecule has 0 fully saturated rings. The molecule has 29 heavy (non-hydrogen) atoms. The van der Waals surface area contributed by atoms with E-state index >= 15 is 0 Å². The van der Waals surface area contributed by atoms with Crippen molar-refractivity contribution in [3.63, 3.8) is 0 Å². The van der Waals surface area contributed by atoms with Crippen LogP contribution in [0.4, 0.5) is 0 Å². The number of aryl methyl sites for hydroxylation is 2. The first-order valence-electron chi connectivity index (χ1n) is 9.59. The standard InChI is InChI=1S/C23H25N3O3/c1-16-9-10-20(15-17(16)2)29-18(3)23(28)24-13-14-26-22(27)12-11-21(25-26)19-7-5-4-6-8-19/h4-12,15,18H,13-14H2,1-3H3,(H,24,28). The number of hydrogen-bond acceptors (Lipinski definition) is 4. The van der Waals surface area contributed by atoms with Gasteiger partial charge in [0.2, 0.25) is 0 Å². The number of nitrogens with one attached hydrogen (secondary N) is 1. The van der Waals surface area contributed by atoms with Crippen molar-refractivity contribution in [2.45, 2.75) is 33.4 Å². The zero-order chi connectivity index (χ0) is 20.8. The second-order valence-electron chi connectivity index (χ2n) is 6.94. The third kappa shape index (κ3) is 5.31. The van der Waals surface area contributed by atoms with Crippen LogP contribution >= 0.6 is 0 Å². The molecule has 0 saturated heterocycles. The van der Waals surface area contributed by atoms with Gasteiger partial charge in [-0.05, 0) is 50.1 Å². The highest BCUT2D eigenvalue weighted by Gasteiger charge is 2.14. The number of amides is 1. The highest BCUT2D eigenvalue weighted by molar-refractivity contribution is 5.80. The van der Waals surface area contributed by atoms with E-state index in [0.717, 1.165) is 11.1 Å². The third-order valence-corrected chi connectivity index (χ3v) is 4.72. The number of nitrogens with zero attached hydrogens (tertiary/aromatic N) is 2. The highest BCUT2D eigenvalue weighted by Crippen LogP contribution is 2.17. The molecular weight excluding hydrogens is 366 g/mol. The van der Waals surface area contributed by atoms with Crippen molar-refractivity contribution in [2.24, 2.45) is 0 Å². The van der Waals surface area contributed by atoms with E-state index in [-0.39, 0.29) is 24.6 Å². The molecule has 1 atom stereocenters. The summed E-state index contributed by atoms with van der Waals surface area (Å²) in [6.45, 7) is 6.29. The lowest BCUT2D eigenvalue weighted by molar-refractivity contribution is -0.127. The highest BCUT2D eigenvalue weighted by atomic mass is 16.5. The minimum atomic E-state index is -0.641. The first kappa shape index (κ1) is 20.3. The summed E-state index contributed by atoms with van der Waals surface area (Å²) in [5, 5.41) is 7.19. The van der Waals surface area contributed by atoms with Crippen LogP contribution in [0.15, 0.2) is 65.5 Å². The average Bonchev–Trinajstić information content (AvgIpc) is 2.72. The number of hydrogen-bond donors (Lipinski definition) is 1. The summed E-state index contributed by atoms with van der Waals surface area (Å²) in [5.41, 5.74) is 3.71. The quantitative estimate of drug-likeness (QED) is 0.672. The van der Waals surface area contributed by atoms with E-state index in [2.05, 4.69) is 10.4 Å². The number of carbonyl (C=O) groups is 1. The van der Waals surface area contributed by atoms with Gasteiger partial charge in [0.05, 0.1) is 12.2 Å². The summed E-state index contributed by atoms with van der Waals surface area (Å²) in [5.74, 6) is 0.416. The van der Waals surface area contributed by atoms with E-state index in [1.165, 1.54) is 16.3 Å². The molecule has 6 heteroatoms. The molecule has 0 saturated carbocycles. The number of rotatable bonds is 7. The number of ether oxygens (including phenoxy) is 1. The van der Waals surface area contributed by atoms with Gasteiger partial charge >= 0.3 is 0 Å². The Kier molecular flexibility index (Phi) is 6.44. The topological polar surface area (TPSA) is 73.2 Å². The normalized spacial score (nSPS) is 11.7. The summed E-state index contributed by atoms with van der Waals surface area (Å²) in [7, 11) is 0. The molecule has 0 aliphatic carbocycles. The molecule has 0 bridgehead atoms. The van der Waals surface area contributed by atoms with E-state index in [1.54, 1.807) is 13.0 Å². The van der Waals surface area contributed by atoms with Crippen molar-refractivity contribution in [3.05, 3.63) is 82.1 Å². The second kappa shape index (κ2) is 9.19. The molecule has 3 rings (SSSR count). The minimum Gasteiger partial charge on any atom is -0.481 e. The lowest BCUT2D eigenvalue weighted by Crippen LogP contribution is -2.39. The molecule has 2 aromatic carbocycles. The average molecular weight is 391 g/mol. The van der Waals surface area contributed by atoms with E-state index in [0.29, 0.717) is 11.4 Å². The van der Waals surface area contributed by atoms with E-state index in [1.807, 2.05) is 62.4 Å². The predicted molar refractivity (Wildman–Crippen MR) is 113 cm³/mol. The van der Waals surface area contributed by atoms with Gasteiger partial charge in [0.15, 0.2) is 6.10 Å². The smallest absolute Gasteiger partial charge is 0.266 e. The van der Waals surface area contributed by atoms with Crippen LogP contribution in [0, 0.1) is 13.8 Å². The summed E-state index contributed by atoms with van der Waals surface area (Å²) in [4.78, 5) is 24.4. The number of benzene rings is 2. The van der Waals surface area contributed by atoms with E-state index in [4.69, 9.17) is 4.74 Å². The fourth-order valence-electron chi connectivity index (χ4n) is 2.85. The van der Waals surface area contributed by atoms with Crippen LogP contribution in [0.3, 0.4) is 0 Å². The van der Waals surface area contributed by atoms with Crippen molar-refractivity contribution in [2.75, 3.05) is 6.54 Å². The van der Waals surface area contributed by atoms with E-state index < -0.39 is 6.10 Å². The minimum absolute atomic E-state index is 0.210. The fraction of sp³-hybridized carbons (Fsp3) is 0.261. The van der Waals surface area contributed by atoms with Crippen LogP contribution in [0.5, 0.6) is 5.75 Å². The SMILES string of the molecule is Cc1ccc(OC(C)C(=O)NCCn2nc(-c3ccccc3)ccc2=O)cc1C. The summed E-state index contributed by atoms with van der Waals surface area (Å²) < 4.78 is 7.08. The van der Waals surface area contributed by atoms with Crippen LogP contribution in [-0.2, 0) is 11.3 Å². The fourth-order valence-corrected chi connectivity index (χ4v) is 2.85. The molecule has 1 unspecified atom stereocenters. The molecular formula is C23H25N3O3. The maximum atomic E-state index is 12.3. The molecule has 1 amide bonds. The van der Waals surface area contributed by atoms with Crippen molar-refractivity contribution >= 4 is 5.91 Å². The Morgan fingerprint density at radius 2 is 1.83 bits per heavy atom. The van der Waals surface area contributed by atoms with Gasteiger partial charge in [-0.15, -0.1) is 0 Å². The Bertz CT molecular complexity index is 1040. The van der Waals surface area contributed by atoms with E-state index in [9.17, 15) is 9.59 Å². The Morgan fingerprint density at radius 3 is 2.55 bits per heavy atom. The molecule has 0 spiro atoms. The van der Waals surface area contributed by atoms with Crippen LogP contribution in [-0.4, -0.2) is 28.3 Å². The van der Waals surface area contributed by atoms with Gasteiger partial charge in [-0.1, -0.05) is 36.4 Å². The predicted octanol–water partition coefficient (Wildman–Crippen LogP) is 3.11. The Hall–Kier alpha value is -3.41. The second-order valence-corrected chi connectivity index (χ2v) is 6.94. The molecule has 1 N–H and O–H groups in total. The van der Waals surface area contributed by atoms with Gasteiger partial charge in [0, 0.05) is 18.2 Å². The summed E-state index contributed by atoms with van der Waals surface area (Å²) >= 11 is 0. The first-order chi connectivity index (χ1) is 13.9. The zero-order valence-corrected chi connectivity index (χ0v) is 16.9. The zero-order valence-electron chi connectivity index (χ0n) is 16.9. The lowest BCUT2D eigenvalue weighted by Gasteiger charge is -2.16. The molecule has 1 heterocycles. The van der Waals surface area contributed by atoms with Crippen LogP contribution in [0.2, 0.25) is 0 Å². The Labute approximate surface area is 170 Å². The summed E-state index contributed by atoms with van der Waals surface area (Å²) in [6, 6.07) is 18.6. The maximum Gasteiger partial charge on any atom is 0.266 e. The maximum absolute atomic E-state index is 12.3. The number of aromatic nitrogens is 2. The Balaban J connectivity index is 1.57. The Morgan fingerprint density at radius 1 is 1.07 bits per heavy atom. The molecule has 0 aliphatic heterocycles. The van der Waals surface area contributed by atoms with Gasteiger partial charge in [-0.25, -0.2) is 4.68 Å². The van der Waals surface area contributed by atoms with Gasteiger partial charge in [-0.3, -0.25) is 9.59 Å². The van der Waals surface area contributed by atoms with Gasteiger partial charge in [0.1, 0.15) is 5.75 Å². The largest absolute Gasteiger partial charge is 0.481 e. The monoisotopic (exact) mass is 391 g/mol. The lowest BCUT2D eigenvalue weighted by atomic mass is 10.1. The third-order valence-electron chi connectivity index (χ3n) is 4.72. The molecule has 0 aliphatic rings. The van der Waals surface area contributed by atoms with Crippen molar-refractivity contribution in [1.29, 1.82) is 0 Å². The first-order valence-corrected chi connectivity index (χ1v) is 9.59. The van der Waals surface area contributed by atoms with Crippen LogP contribution < -0.4 is 15.6 Å². The van der Waals surface area contributed by atoms with Crippen molar-refractivity contribution in [3.8, 4) is 17.0 Å². The van der Waals surface area contributed by atoms with Crippen LogP contribution in [0.1, 0.15) is 18.1 Å². The van der Waals surface area contributed by atoms with Crippen molar-refractivity contribution < 1.29 is 9.53 Å². The summed E-state index contributed by atoms with van der Waals surface area (Å²) in [6.07, 6.45) is -0.641. The van der Waals surface area contributed by atoms with Gasteiger partial charge < -0.3 is 10.1 Å². The van der Waals surface area contributed by atoms with Gasteiger partial charge in [0.25, 0.3) is 11.5 Å². The molecule has 6 nitrogen and oxygen atoms in total. The number of carbonyl (C=O) groups excluding carboxylic acids is 1.